The zero-order valence-electron chi connectivity index (χ0n) is 23.0. The van der Waals surface area contributed by atoms with E-state index in [4.69, 9.17) is 21.1 Å². The Kier molecular flexibility index (Phi) is 8.25. The monoisotopic (exact) mass is 631 g/mol. The van der Waals surface area contributed by atoms with Gasteiger partial charge in [-0.15, -0.1) is 10.2 Å². The molecular formula is C32H26ClN3O5S2. The molecule has 2 unspecified atom stereocenters. The second-order valence-electron chi connectivity index (χ2n) is 10.0. The first-order valence-electron chi connectivity index (χ1n) is 13.5. The molecule has 2 atom stereocenters. The number of rotatable bonds is 9. The maximum absolute atomic E-state index is 13.6. The van der Waals surface area contributed by atoms with Crippen LogP contribution in [0.5, 0.6) is 11.5 Å². The summed E-state index contributed by atoms with van der Waals surface area (Å²) < 4.78 is 12.0. The minimum atomic E-state index is -0.939. The number of carbonyl (C=O) groups is 2. The van der Waals surface area contributed by atoms with E-state index in [9.17, 15) is 14.7 Å². The van der Waals surface area contributed by atoms with Gasteiger partial charge in [-0.1, -0.05) is 77.7 Å². The van der Waals surface area contributed by atoms with Crippen LogP contribution in [-0.4, -0.2) is 39.7 Å². The number of carbonyl (C=O) groups excluding carboxylic acids is 2. The van der Waals surface area contributed by atoms with Crippen LogP contribution < -0.4 is 14.4 Å². The third kappa shape index (κ3) is 5.78. The Balaban J connectivity index is 1.38. The summed E-state index contributed by atoms with van der Waals surface area (Å²) in [6.45, 7) is 5.97. The maximum atomic E-state index is 13.6. The molecule has 8 nitrogen and oxygen atoms in total. The predicted octanol–water partition coefficient (Wildman–Crippen LogP) is 7.00. The van der Waals surface area contributed by atoms with Gasteiger partial charge in [-0.2, -0.15) is 0 Å². The standard InChI is InChI=1S/C32H26ClN3O5S2/c1-3-14-40-23-11-8-19(9-12-23)27-26(28(37)20-10-13-25-22(16-20)15-18(2)41-25)29(38)30(39)36(27)31-34-35-32(43-31)42-17-21-6-4-5-7-24(21)33/h3-13,16,18,27,37H,1,14-15,17H2,2H3/b28-26+. The number of aliphatic hydroxyl groups is 1. The van der Waals surface area contributed by atoms with Crippen molar-refractivity contribution in [1.82, 2.24) is 10.2 Å². The van der Waals surface area contributed by atoms with Crippen molar-refractivity contribution >= 4 is 57.3 Å². The molecule has 1 fully saturated rings. The fraction of sp³-hybridized carbons (Fsp3) is 0.188. The molecule has 2 aliphatic rings. The number of halogens is 1. The number of ether oxygens (including phenoxy) is 2. The number of benzene rings is 3. The number of fused-ring (bicyclic) bond motifs is 1. The highest BCUT2D eigenvalue weighted by molar-refractivity contribution is 8.00. The summed E-state index contributed by atoms with van der Waals surface area (Å²) in [6, 6.07) is 18.9. The number of nitrogens with zero attached hydrogens (tertiary/aromatic N) is 3. The van der Waals surface area contributed by atoms with E-state index >= 15 is 0 Å². The molecule has 11 heteroatoms. The summed E-state index contributed by atoms with van der Waals surface area (Å²) in [5, 5.41) is 21.0. The molecule has 0 aliphatic carbocycles. The molecule has 3 heterocycles. The largest absolute Gasteiger partial charge is 0.507 e. The molecule has 0 saturated carbocycles. The SMILES string of the molecule is C=CCOc1ccc(C2/C(=C(\O)c3ccc4c(c3)CC(C)O4)C(=O)C(=O)N2c2nnc(SCc3ccccc3Cl)s2)cc1. The number of Topliss-reactive ketones (excluding diaryl/α,β-unsaturated/α-hetero) is 1. The van der Waals surface area contributed by atoms with E-state index in [0.29, 0.717) is 45.0 Å². The average Bonchev–Trinajstić information content (AvgIpc) is 3.70. The van der Waals surface area contributed by atoms with Gasteiger partial charge in [0, 0.05) is 22.8 Å². The van der Waals surface area contributed by atoms with Gasteiger partial charge >= 0.3 is 5.91 Å². The van der Waals surface area contributed by atoms with Crippen molar-refractivity contribution in [2.24, 2.45) is 0 Å². The highest BCUT2D eigenvalue weighted by Gasteiger charge is 2.48. The summed E-state index contributed by atoms with van der Waals surface area (Å²) in [5.41, 5.74) is 2.87. The zero-order chi connectivity index (χ0) is 30.1. The summed E-state index contributed by atoms with van der Waals surface area (Å²) in [5.74, 6) is 0.0338. The van der Waals surface area contributed by atoms with Crippen LogP contribution in [0.4, 0.5) is 5.13 Å². The van der Waals surface area contributed by atoms with Crippen LogP contribution in [0.2, 0.25) is 5.02 Å². The second-order valence-corrected chi connectivity index (χ2v) is 12.6. The van der Waals surface area contributed by atoms with Crippen molar-refractivity contribution in [1.29, 1.82) is 0 Å². The Labute approximate surface area is 261 Å². The first-order chi connectivity index (χ1) is 20.8. The van der Waals surface area contributed by atoms with Gasteiger partial charge in [0.15, 0.2) is 4.34 Å². The van der Waals surface area contributed by atoms with E-state index in [1.807, 2.05) is 31.2 Å². The third-order valence-corrected chi connectivity index (χ3v) is 9.56. The molecule has 1 aromatic heterocycles. The molecule has 1 saturated heterocycles. The molecule has 1 N–H and O–H groups in total. The van der Waals surface area contributed by atoms with Crippen LogP contribution in [-0.2, 0) is 21.8 Å². The lowest BCUT2D eigenvalue weighted by atomic mass is 9.94. The number of hydrogen-bond acceptors (Lipinski definition) is 9. The summed E-state index contributed by atoms with van der Waals surface area (Å²) in [6.07, 6.45) is 2.34. The van der Waals surface area contributed by atoms with Gasteiger partial charge in [0.05, 0.1) is 11.6 Å². The number of amides is 1. The number of anilines is 1. The maximum Gasteiger partial charge on any atom is 0.301 e. The van der Waals surface area contributed by atoms with Crippen LogP contribution in [0, 0.1) is 0 Å². The molecule has 4 aromatic rings. The van der Waals surface area contributed by atoms with Crippen LogP contribution >= 0.6 is 34.7 Å². The normalized spacial score (nSPS) is 18.9. The molecule has 2 aliphatic heterocycles. The molecule has 0 bridgehead atoms. The number of aromatic nitrogens is 2. The molecule has 0 spiro atoms. The highest BCUT2D eigenvalue weighted by Crippen LogP contribution is 2.45. The van der Waals surface area contributed by atoms with Crippen molar-refractivity contribution in [3.63, 3.8) is 0 Å². The molecule has 3 aromatic carbocycles. The minimum absolute atomic E-state index is 0.0159. The summed E-state index contributed by atoms with van der Waals surface area (Å²) in [7, 11) is 0. The number of thioether (sulfide) groups is 1. The quantitative estimate of drug-likeness (QED) is 0.0526. The van der Waals surface area contributed by atoms with Crippen LogP contribution in [0.3, 0.4) is 0 Å². The molecule has 1 amide bonds. The molecule has 218 valence electrons. The Bertz CT molecular complexity index is 1750. The molecule has 43 heavy (non-hydrogen) atoms. The van der Waals surface area contributed by atoms with Gasteiger partial charge in [-0.3, -0.25) is 14.5 Å². The predicted molar refractivity (Wildman–Crippen MR) is 168 cm³/mol. The fourth-order valence-electron chi connectivity index (χ4n) is 5.08. The smallest absolute Gasteiger partial charge is 0.301 e. The van der Waals surface area contributed by atoms with Crippen molar-refractivity contribution in [2.75, 3.05) is 11.5 Å². The van der Waals surface area contributed by atoms with Crippen molar-refractivity contribution in [3.8, 4) is 11.5 Å². The summed E-state index contributed by atoms with van der Waals surface area (Å²) >= 11 is 8.93. The van der Waals surface area contributed by atoms with Gasteiger partial charge < -0.3 is 14.6 Å². The zero-order valence-corrected chi connectivity index (χ0v) is 25.4. The van der Waals surface area contributed by atoms with Crippen molar-refractivity contribution < 1.29 is 24.2 Å². The Morgan fingerprint density at radius 3 is 2.74 bits per heavy atom. The second kappa shape index (κ2) is 12.2. The van der Waals surface area contributed by atoms with Gasteiger partial charge in [0.25, 0.3) is 5.78 Å². The third-order valence-electron chi connectivity index (χ3n) is 7.09. The lowest BCUT2D eigenvalue weighted by molar-refractivity contribution is -0.132. The van der Waals surface area contributed by atoms with Gasteiger partial charge in [-0.05, 0) is 60.0 Å². The van der Waals surface area contributed by atoms with Crippen LogP contribution in [0.1, 0.15) is 35.2 Å². The Morgan fingerprint density at radius 2 is 1.98 bits per heavy atom. The van der Waals surface area contributed by atoms with Gasteiger partial charge in [-0.25, -0.2) is 0 Å². The fourth-order valence-corrected chi connectivity index (χ4v) is 7.24. The van der Waals surface area contributed by atoms with E-state index < -0.39 is 17.7 Å². The average molecular weight is 632 g/mol. The lowest BCUT2D eigenvalue weighted by Gasteiger charge is -2.22. The molecular weight excluding hydrogens is 606 g/mol. The topological polar surface area (TPSA) is 102 Å². The van der Waals surface area contributed by atoms with E-state index in [0.717, 1.165) is 16.9 Å². The molecule has 0 radical (unpaired) electrons. The Hall–Kier alpha value is -4.12. The van der Waals surface area contributed by atoms with E-state index in [1.165, 1.54) is 28.0 Å². The van der Waals surface area contributed by atoms with Crippen LogP contribution in [0.15, 0.2) is 89.3 Å². The van der Waals surface area contributed by atoms with E-state index in [-0.39, 0.29) is 22.6 Å². The van der Waals surface area contributed by atoms with Gasteiger partial charge in [0.2, 0.25) is 5.13 Å². The van der Waals surface area contributed by atoms with Crippen molar-refractivity contribution in [3.05, 3.63) is 112 Å². The van der Waals surface area contributed by atoms with E-state index in [1.54, 1.807) is 48.5 Å². The first-order valence-corrected chi connectivity index (χ1v) is 15.7. The first kappa shape index (κ1) is 29.0. The van der Waals surface area contributed by atoms with Crippen LogP contribution in [0.25, 0.3) is 5.76 Å². The number of ketones is 1. The Morgan fingerprint density at radius 1 is 1.19 bits per heavy atom. The van der Waals surface area contributed by atoms with Crippen molar-refractivity contribution in [2.45, 2.75) is 35.6 Å². The lowest BCUT2D eigenvalue weighted by Crippen LogP contribution is -2.29. The number of aliphatic hydroxyl groups excluding tert-OH is 1. The van der Waals surface area contributed by atoms with E-state index in [2.05, 4.69) is 16.8 Å². The minimum Gasteiger partial charge on any atom is -0.507 e. The highest BCUT2D eigenvalue weighted by atomic mass is 35.5. The number of hydrogen-bond donors (Lipinski definition) is 1. The van der Waals surface area contributed by atoms with Gasteiger partial charge in [0.1, 0.15) is 30.0 Å². The molecule has 6 rings (SSSR count). The summed E-state index contributed by atoms with van der Waals surface area (Å²) in [4.78, 5) is 28.5.